The third-order valence-corrected chi connectivity index (χ3v) is 8.89. The zero-order chi connectivity index (χ0) is 34.5. The molecule has 0 radical (unpaired) electrons. The maximum Gasteiger partial charge on any atom is 0.225 e. The number of hydrogen-bond donors (Lipinski definition) is 2. The van der Waals surface area contributed by atoms with Gasteiger partial charge in [0.05, 0.1) is 16.9 Å². The van der Waals surface area contributed by atoms with E-state index >= 15 is 0 Å². The van der Waals surface area contributed by atoms with Crippen LogP contribution in [-0.4, -0.2) is 86.8 Å². The summed E-state index contributed by atoms with van der Waals surface area (Å²) in [5.41, 5.74) is 3.09. The van der Waals surface area contributed by atoms with Gasteiger partial charge in [-0.3, -0.25) is 0 Å². The van der Waals surface area contributed by atoms with Gasteiger partial charge in [-0.05, 0) is 50.7 Å². The van der Waals surface area contributed by atoms with Crippen molar-refractivity contribution in [3.8, 4) is 0 Å². The Hall–Kier alpha value is -4.60. The first-order valence-electron chi connectivity index (χ1n) is 15.7. The summed E-state index contributed by atoms with van der Waals surface area (Å²) in [5.74, 6) is 0.723. The molecule has 0 bridgehead atoms. The van der Waals surface area contributed by atoms with Crippen LogP contribution in [0.2, 0.25) is 10.3 Å². The summed E-state index contributed by atoms with van der Waals surface area (Å²) in [7, 11) is 0. The largest absolute Gasteiger partial charge is 0.393 e. The average Bonchev–Trinajstić information content (AvgIpc) is 3.67. The minimum atomic E-state index is -0.425. The van der Waals surface area contributed by atoms with E-state index in [4.69, 9.17) is 23.2 Å². The molecular formula is C32H34Cl2F2N12O. The average molecular weight is 712 g/mol. The van der Waals surface area contributed by atoms with E-state index in [1.54, 1.807) is 0 Å². The Balaban J connectivity index is 0.000000141. The van der Waals surface area contributed by atoms with Gasteiger partial charge in [-0.1, -0.05) is 23.2 Å². The minimum Gasteiger partial charge on any atom is -0.393 e. The molecule has 0 unspecified atom stereocenters. The highest BCUT2D eigenvalue weighted by Crippen LogP contribution is 2.31. The lowest BCUT2D eigenvalue weighted by atomic mass is 10.1. The van der Waals surface area contributed by atoms with Crippen LogP contribution in [0.3, 0.4) is 0 Å². The molecule has 0 saturated carbocycles. The number of hydrogen-bond acceptors (Lipinski definition) is 11. The number of H-pyrrole nitrogens is 1. The van der Waals surface area contributed by atoms with Crippen LogP contribution in [0.1, 0.15) is 42.9 Å². The Morgan fingerprint density at radius 3 is 1.76 bits per heavy atom. The molecule has 17 heteroatoms. The second-order valence-electron chi connectivity index (χ2n) is 11.8. The summed E-state index contributed by atoms with van der Waals surface area (Å²) in [5, 5.41) is 10.2. The van der Waals surface area contributed by atoms with Crippen LogP contribution in [0.15, 0.2) is 49.8 Å². The van der Waals surface area contributed by atoms with E-state index in [0.717, 1.165) is 74.9 Å². The molecule has 6 aromatic rings. The number of halogens is 4. The SMILES string of the molecule is Cc1cnc(N2CCC(O)CC2)nc1.Cc1cnc(N2CCC(n3cc(F)c4c(Cl)ncnc43)CC2)nc1.Fc1c[nH]c2ncnc(Cl)c12. The second kappa shape index (κ2) is 15.3. The number of rotatable bonds is 3. The topological polar surface area (TPSA) is 151 Å². The van der Waals surface area contributed by atoms with E-state index in [1.165, 1.54) is 25.0 Å². The Bertz CT molecular complexity index is 1990. The van der Waals surface area contributed by atoms with E-state index in [1.807, 2.05) is 43.2 Å². The lowest BCUT2D eigenvalue weighted by Crippen LogP contribution is -2.36. The normalized spacial score (nSPS) is 15.6. The molecular weight excluding hydrogens is 677 g/mol. The standard InChI is InChI=1S/C16H16ClFN6.C10H15N3O.C6H3ClFN3/c1-10-6-19-16(20-7-10)23-4-2-11(3-5-23)24-8-12(18)13-14(17)21-9-22-15(13)24;1-8-6-11-10(12-7-8)13-4-2-9(14)3-5-13;7-5-4-3(8)1-9-6(4)11-2-10-5/h6-9,11H,2-5H2,1H3;6-7,9,14H,2-5H2,1H3;1-2H,(H,9,10,11). The van der Waals surface area contributed by atoms with Crippen LogP contribution in [0.5, 0.6) is 0 Å². The number of nitrogens with zero attached hydrogens (tertiary/aromatic N) is 11. The number of fused-ring (bicyclic) bond motifs is 2. The van der Waals surface area contributed by atoms with Gasteiger partial charge in [0.25, 0.3) is 0 Å². The van der Waals surface area contributed by atoms with Crippen molar-refractivity contribution < 1.29 is 13.9 Å². The van der Waals surface area contributed by atoms with Crippen LogP contribution >= 0.6 is 23.2 Å². The molecule has 13 nitrogen and oxygen atoms in total. The van der Waals surface area contributed by atoms with Crippen molar-refractivity contribution in [1.82, 2.24) is 49.4 Å². The van der Waals surface area contributed by atoms with Crippen molar-refractivity contribution in [3.05, 3.63) is 82.9 Å². The lowest BCUT2D eigenvalue weighted by Gasteiger charge is -2.32. The Kier molecular flexibility index (Phi) is 10.7. The van der Waals surface area contributed by atoms with Gasteiger partial charge < -0.3 is 24.5 Å². The lowest BCUT2D eigenvalue weighted by molar-refractivity contribution is 0.145. The Morgan fingerprint density at radius 2 is 1.20 bits per heavy atom. The van der Waals surface area contributed by atoms with Crippen molar-refractivity contribution >= 4 is 57.2 Å². The predicted molar refractivity (Wildman–Crippen MR) is 183 cm³/mol. The molecule has 2 fully saturated rings. The fraction of sp³-hybridized carbons (Fsp3) is 0.375. The maximum absolute atomic E-state index is 14.2. The summed E-state index contributed by atoms with van der Waals surface area (Å²) in [6.07, 6.45) is 15.8. The van der Waals surface area contributed by atoms with Gasteiger partial charge in [-0.25, -0.2) is 48.7 Å². The smallest absolute Gasteiger partial charge is 0.225 e. The number of aryl methyl sites for hydroxylation is 2. The Labute approximate surface area is 290 Å². The number of piperidine rings is 2. The number of aromatic amines is 1. The van der Waals surface area contributed by atoms with Gasteiger partial charge >= 0.3 is 0 Å². The summed E-state index contributed by atoms with van der Waals surface area (Å²) in [6.45, 7) is 7.27. The van der Waals surface area contributed by atoms with Crippen molar-refractivity contribution in [1.29, 1.82) is 0 Å². The minimum absolute atomic E-state index is 0.133. The van der Waals surface area contributed by atoms with Gasteiger partial charge in [-0.15, -0.1) is 0 Å². The van der Waals surface area contributed by atoms with E-state index in [9.17, 15) is 13.9 Å². The zero-order valence-electron chi connectivity index (χ0n) is 26.8. The van der Waals surface area contributed by atoms with Crippen LogP contribution in [0.4, 0.5) is 20.7 Å². The first kappa shape index (κ1) is 34.3. The molecule has 2 aliphatic heterocycles. The first-order valence-corrected chi connectivity index (χ1v) is 16.5. The monoisotopic (exact) mass is 710 g/mol. The first-order chi connectivity index (χ1) is 23.7. The molecule has 2 N–H and O–H groups in total. The molecule has 0 amide bonds. The van der Waals surface area contributed by atoms with Crippen LogP contribution < -0.4 is 9.80 Å². The van der Waals surface area contributed by atoms with Crippen LogP contribution in [0.25, 0.3) is 22.1 Å². The summed E-state index contributed by atoms with van der Waals surface area (Å²) in [6, 6.07) is 0.171. The van der Waals surface area contributed by atoms with Crippen molar-refractivity contribution in [2.75, 3.05) is 36.0 Å². The van der Waals surface area contributed by atoms with Crippen molar-refractivity contribution in [2.45, 2.75) is 51.7 Å². The fourth-order valence-corrected chi connectivity index (χ4v) is 6.12. The van der Waals surface area contributed by atoms with Crippen LogP contribution in [-0.2, 0) is 0 Å². The Morgan fingerprint density at radius 1 is 0.694 bits per heavy atom. The molecule has 8 rings (SSSR count). The number of aliphatic hydroxyl groups is 1. The predicted octanol–water partition coefficient (Wildman–Crippen LogP) is 5.66. The van der Waals surface area contributed by atoms with Crippen molar-refractivity contribution in [3.63, 3.8) is 0 Å². The molecule has 2 saturated heterocycles. The second-order valence-corrected chi connectivity index (χ2v) is 12.5. The van der Waals surface area contributed by atoms with Gasteiger partial charge in [-0.2, -0.15) is 0 Å². The highest BCUT2D eigenvalue weighted by Gasteiger charge is 2.25. The van der Waals surface area contributed by atoms with E-state index in [0.29, 0.717) is 16.7 Å². The number of anilines is 2. The molecule has 49 heavy (non-hydrogen) atoms. The number of nitrogens with one attached hydrogen (secondary N) is 1. The van der Waals surface area contributed by atoms with Crippen molar-refractivity contribution in [2.24, 2.45) is 0 Å². The van der Waals surface area contributed by atoms with E-state index in [2.05, 4.69) is 54.7 Å². The van der Waals surface area contributed by atoms with Crippen LogP contribution in [0, 0.1) is 25.5 Å². The summed E-state index contributed by atoms with van der Waals surface area (Å²) >= 11 is 11.6. The zero-order valence-corrected chi connectivity index (χ0v) is 28.3. The summed E-state index contributed by atoms with van der Waals surface area (Å²) < 4.78 is 28.9. The van der Waals surface area contributed by atoms with E-state index in [-0.39, 0.29) is 33.7 Å². The molecule has 8 heterocycles. The molecule has 0 aromatic carbocycles. The highest BCUT2D eigenvalue weighted by molar-refractivity contribution is 6.34. The summed E-state index contributed by atoms with van der Waals surface area (Å²) in [4.78, 5) is 39.6. The third-order valence-electron chi connectivity index (χ3n) is 8.31. The number of aromatic nitrogens is 10. The molecule has 6 aromatic heterocycles. The quantitative estimate of drug-likeness (QED) is 0.219. The van der Waals surface area contributed by atoms with Gasteiger partial charge in [0.1, 0.15) is 34.3 Å². The molecule has 0 atom stereocenters. The third kappa shape index (κ3) is 8.00. The molecule has 0 aliphatic carbocycles. The molecule has 2 aliphatic rings. The highest BCUT2D eigenvalue weighted by atomic mass is 35.5. The fourth-order valence-electron chi connectivity index (χ4n) is 5.68. The maximum atomic E-state index is 14.2. The van der Waals surface area contributed by atoms with Gasteiger partial charge in [0.15, 0.2) is 11.6 Å². The molecule has 256 valence electrons. The van der Waals surface area contributed by atoms with E-state index < -0.39 is 5.82 Å². The number of aliphatic hydroxyl groups excluding tert-OH is 1. The van der Waals surface area contributed by atoms with Gasteiger partial charge in [0, 0.05) is 69.4 Å². The molecule has 0 spiro atoms. The van der Waals surface area contributed by atoms with Gasteiger partial charge in [0.2, 0.25) is 11.9 Å².